The fourth-order valence-corrected chi connectivity index (χ4v) is 2.32. The summed E-state index contributed by atoms with van der Waals surface area (Å²) in [5.41, 5.74) is 1.25. The van der Waals surface area contributed by atoms with Gasteiger partial charge in [-0.05, 0) is 42.5 Å². The maximum Gasteiger partial charge on any atom is 0.276 e. The van der Waals surface area contributed by atoms with Crippen molar-refractivity contribution in [1.82, 2.24) is 9.78 Å². The fourth-order valence-electron chi connectivity index (χ4n) is 1.97. The van der Waals surface area contributed by atoms with Gasteiger partial charge in [-0.1, -0.05) is 29.3 Å². The summed E-state index contributed by atoms with van der Waals surface area (Å²) in [6, 6.07) is 12.3. The molecule has 0 bridgehead atoms. The standard InChI is InChI=1S/C16H10Cl2FN3O/c17-12-2-1-3-13(15(12)18)20-16(23)14-8-9-22(21-14)11-6-4-10(19)5-7-11/h1-9H,(H,20,23). The zero-order valence-corrected chi connectivity index (χ0v) is 13.1. The highest BCUT2D eigenvalue weighted by molar-refractivity contribution is 6.44. The molecular weight excluding hydrogens is 340 g/mol. The minimum Gasteiger partial charge on any atom is -0.319 e. The van der Waals surface area contributed by atoms with Gasteiger partial charge in [-0.2, -0.15) is 5.10 Å². The van der Waals surface area contributed by atoms with Crippen LogP contribution in [0.15, 0.2) is 54.7 Å². The van der Waals surface area contributed by atoms with Crippen molar-refractivity contribution in [3.05, 3.63) is 76.3 Å². The second-order valence-electron chi connectivity index (χ2n) is 4.68. The Bertz CT molecular complexity index is 862. The first-order valence-corrected chi connectivity index (χ1v) is 7.37. The smallest absolute Gasteiger partial charge is 0.276 e. The van der Waals surface area contributed by atoms with Crippen molar-refractivity contribution in [3.8, 4) is 5.69 Å². The zero-order valence-electron chi connectivity index (χ0n) is 11.6. The number of benzene rings is 2. The summed E-state index contributed by atoms with van der Waals surface area (Å²) in [6.45, 7) is 0. The highest BCUT2D eigenvalue weighted by Gasteiger charge is 2.13. The fraction of sp³-hybridized carbons (Fsp3) is 0. The van der Waals surface area contributed by atoms with Crippen LogP contribution >= 0.6 is 23.2 Å². The largest absolute Gasteiger partial charge is 0.319 e. The number of aromatic nitrogens is 2. The van der Waals surface area contributed by atoms with Gasteiger partial charge in [0, 0.05) is 6.20 Å². The number of carbonyl (C=O) groups excluding carboxylic acids is 1. The minimum absolute atomic E-state index is 0.199. The van der Waals surface area contributed by atoms with Gasteiger partial charge in [0.1, 0.15) is 5.82 Å². The number of nitrogens with zero attached hydrogens (tertiary/aromatic N) is 2. The second kappa shape index (κ2) is 6.40. The molecule has 0 aliphatic rings. The Morgan fingerprint density at radius 1 is 1.09 bits per heavy atom. The molecule has 0 saturated heterocycles. The second-order valence-corrected chi connectivity index (χ2v) is 5.46. The van der Waals surface area contributed by atoms with Gasteiger partial charge in [-0.15, -0.1) is 0 Å². The van der Waals surface area contributed by atoms with Gasteiger partial charge in [0.2, 0.25) is 0 Å². The molecule has 0 aliphatic heterocycles. The average Bonchev–Trinajstić information content (AvgIpc) is 3.02. The molecule has 0 saturated carbocycles. The van der Waals surface area contributed by atoms with Crippen molar-refractivity contribution >= 4 is 34.8 Å². The number of halogens is 3. The number of rotatable bonds is 3. The number of nitrogens with one attached hydrogen (secondary N) is 1. The van der Waals surface area contributed by atoms with Gasteiger partial charge < -0.3 is 5.32 Å². The summed E-state index contributed by atoms with van der Waals surface area (Å²) in [4.78, 5) is 12.2. The average molecular weight is 350 g/mol. The van der Waals surface area contributed by atoms with Crippen LogP contribution in [0, 0.1) is 5.82 Å². The minimum atomic E-state index is -0.421. The first kappa shape index (κ1) is 15.5. The van der Waals surface area contributed by atoms with Gasteiger partial charge in [-0.3, -0.25) is 4.79 Å². The van der Waals surface area contributed by atoms with Gasteiger partial charge in [0.05, 0.1) is 21.4 Å². The van der Waals surface area contributed by atoms with E-state index in [0.29, 0.717) is 16.4 Å². The quantitative estimate of drug-likeness (QED) is 0.752. The van der Waals surface area contributed by atoms with Crippen molar-refractivity contribution in [2.24, 2.45) is 0 Å². The van der Waals surface area contributed by atoms with E-state index in [9.17, 15) is 9.18 Å². The van der Waals surface area contributed by atoms with Crippen molar-refractivity contribution in [3.63, 3.8) is 0 Å². The Kier molecular flexibility index (Phi) is 4.32. The molecule has 0 aliphatic carbocycles. The topological polar surface area (TPSA) is 46.9 Å². The van der Waals surface area contributed by atoms with Crippen LogP contribution in [0.3, 0.4) is 0 Å². The number of amides is 1. The van der Waals surface area contributed by atoms with E-state index in [1.54, 1.807) is 42.6 Å². The molecular formula is C16H10Cl2FN3O. The third-order valence-corrected chi connectivity index (χ3v) is 3.93. The lowest BCUT2D eigenvalue weighted by atomic mass is 10.3. The van der Waals surface area contributed by atoms with E-state index < -0.39 is 5.91 Å². The third-order valence-electron chi connectivity index (χ3n) is 3.11. The van der Waals surface area contributed by atoms with Crippen LogP contribution in [0.25, 0.3) is 5.69 Å². The normalized spacial score (nSPS) is 10.6. The van der Waals surface area contributed by atoms with Crippen LogP contribution in [0.4, 0.5) is 10.1 Å². The molecule has 3 aromatic rings. The molecule has 1 N–H and O–H groups in total. The molecule has 0 spiro atoms. The molecule has 4 nitrogen and oxygen atoms in total. The predicted molar refractivity (Wildman–Crippen MR) is 87.9 cm³/mol. The summed E-state index contributed by atoms with van der Waals surface area (Å²) in [7, 11) is 0. The van der Waals surface area contributed by atoms with E-state index in [-0.39, 0.29) is 16.5 Å². The van der Waals surface area contributed by atoms with Crippen molar-refractivity contribution < 1.29 is 9.18 Å². The first-order chi connectivity index (χ1) is 11.0. The molecule has 0 radical (unpaired) electrons. The van der Waals surface area contributed by atoms with Crippen molar-refractivity contribution in [2.75, 3.05) is 5.32 Å². The number of carbonyl (C=O) groups is 1. The van der Waals surface area contributed by atoms with Gasteiger partial charge in [0.15, 0.2) is 5.69 Å². The van der Waals surface area contributed by atoms with E-state index in [2.05, 4.69) is 10.4 Å². The summed E-state index contributed by atoms with van der Waals surface area (Å²) in [5, 5.41) is 7.43. The van der Waals surface area contributed by atoms with Crippen LogP contribution in [-0.2, 0) is 0 Å². The predicted octanol–water partition coefficient (Wildman–Crippen LogP) is 4.57. The van der Waals surface area contributed by atoms with Crippen molar-refractivity contribution in [2.45, 2.75) is 0 Å². The van der Waals surface area contributed by atoms with Gasteiger partial charge >= 0.3 is 0 Å². The molecule has 1 heterocycles. The molecule has 0 unspecified atom stereocenters. The molecule has 0 fully saturated rings. The van der Waals surface area contributed by atoms with E-state index in [4.69, 9.17) is 23.2 Å². The maximum absolute atomic E-state index is 12.9. The Hall–Kier alpha value is -2.37. The third kappa shape index (κ3) is 3.36. The van der Waals surface area contributed by atoms with E-state index in [0.717, 1.165) is 0 Å². The lowest BCUT2D eigenvalue weighted by molar-refractivity contribution is 0.102. The van der Waals surface area contributed by atoms with Crippen LogP contribution in [-0.4, -0.2) is 15.7 Å². The van der Waals surface area contributed by atoms with E-state index in [1.165, 1.54) is 16.8 Å². The molecule has 7 heteroatoms. The Morgan fingerprint density at radius 2 is 1.83 bits per heavy atom. The Balaban J connectivity index is 1.81. The highest BCUT2D eigenvalue weighted by atomic mass is 35.5. The molecule has 116 valence electrons. The zero-order chi connectivity index (χ0) is 16.4. The van der Waals surface area contributed by atoms with Crippen LogP contribution in [0.2, 0.25) is 10.0 Å². The summed E-state index contributed by atoms with van der Waals surface area (Å²) in [5.74, 6) is -0.760. The summed E-state index contributed by atoms with van der Waals surface area (Å²) in [6.07, 6.45) is 1.61. The summed E-state index contributed by atoms with van der Waals surface area (Å²) >= 11 is 11.9. The first-order valence-electron chi connectivity index (χ1n) is 6.61. The lowest BCUT2D eigenvalue weighted by Crippen LogP contribution is -2.13. The maximum atomic E-state index is 12.9. The van der Waals surface area contributed by atoms with Gasteiger partial charge in [0.25, 0.3) is 5.91 Å². The molecule has 1 amide bonds. The SMILES string of the molecule is O=C(Nc1cccc(Cl)c1Cl)c1ccn(-c2ccc(F)cc2)n1. The Morgan fingerprint density at radius 3 is 2.57 bits per heavy atom. The lowest BCUT2D eigenvalue weighted by Gasteiger charge is -2.06. The number of anilines is 1. The molecule has 1 aromatic heterocycles. The number of hydrogen-bond donors (Lipinski definition) is 1. The number of hydrogen-bond acceptors (Lipinski definition) is 2. The Labute approximate surface area is 141 Å². The van der Waals surface area contributed by atoms with E-state index >= 15 is 0 Å². The molecule has 23 heavy (non-hydrogen) atoms. The van der Waals surface area contributed by atoms with Crippen LogP contribution in [0.5, 0.6) is 0 Å². The van der Waals surface area contributed by atoms with Crippen LogP contribution < -0.4 is 5.32 Å². The van der Waals surface area contributed by atoms with Crippen LogP contribution in [0.1, 0.15) is 10.5 Å². The monoisotopic (exact) mass is 349 g/mol. The molecule has 0 atom stereocenters. The van der Waals surface area contributed by atoms with Gasteiger partial charge in [-0.25, -0.2) is 9.07 Å². The molecule has 3 rings (SSSR count). The highest BCUT2D eigenvalue weighted by Crippen LogP contribution is 2.29. The van der Waals surface area contributed by atoms with Crippen molar-refractivity contribution in [1.29, 1.82) is 0 Å². The van der Waals surface area contributed by atoms with E-state index in [1.807, 2.05) is 0 Å². The summed E-state index contributed by atoms with van der Waals surface area (Å²) < 4.78 is 14.4. The molecule has 2 aromatic carbocycles.